The van der Waals surface area contributed by atoms with E-state index in [2.05, 4.69) is 29.3 Å². The molecule has 4 rings (SSSR count). The molecule has 0 aliphatic carbocycles. The molecule has 4 nitrogen and oxygen atoms in total. The second kappa shape index (κ2) is 7.54. The average molecular weight is 356 g/mol. The molecular weight excluding hydrogens is 331 g/mol. The van der Waals surface area contributed by atoms with E-state index in [0.29, 0.717) is 18.8 Å². The third-order valence-corrected chi connectivity index (χ3v) is 5.37. The van der Waals surface area contributed by atoms with Crippen molar-refractivity contribution in [2.24, 2.45) is 0 Å². The zero-order valence-corrected chi connectivity index (χ0v) is 15.1. The summed E-state index contributed by atoms with van der Waals surface area (Å²) in [5, 5.41) is 3.68. The highest BCUT2D eigenvalue weighted by atomic mass is 19.1. The maximum atomic E-state index is 13.0. The molecule has 0 bridgehead atoms. The summed E-state index contributed by atoms with van der Waals surface area (Å²) in [6, 6.07) is 13.5. The zero-order valence-electron chi connectivity index (χ0n) is 15.1. The molecule has 0 radical (unpaired) electrons. The van der Waals surface area contributed by atoms with Crippen molar-refractivity contribution in [1.82, 2.24) is 5.32 Å². The van der Waals surface area contributed by atoms with Crippen LogP contribution in [0.25, 0.3) is 0 Å². The molecule has 26 heavy (non-hydrogen) atoms. The number of benzene rings is 2. The van der Waals surface area contributed by atoms with Gasteiger partial charge in [0.25, 0.3) is 0 Å². The Bertz CT molecular complexity index is 742. The van der Waals surface area contributed by atoms with Gasteiger partial charge in [-0.2, -0.15) is 0 Å². The van der Waals surface area contributed by atoms with E-state index >= 15 is 0 Å². The number of piperidine rings is 1. The molecule has 0 aromatic heterocycles. The van der Waals surface area contributed by atoms with Crippen LogP contribution in [0, 0.1) is 5.82 Å². The molecule has 2 aromatic carbocycles. The lowest BCUT2D eigenvalue weighted by atomic mass is 9.99. The van der Waals surface area contributed by atoms with Crippen LogP contribution < -0.4 is 19.7 Å². The second-order valence-electron chi connectivity index (χ2n) is 7.16. The smallest absolute Gasteiger partial charge is 0.231 e. The van der Waals surface area contributed by atoms with E-state index in [1.54, 1.807) is 0 Å². The van der Waals surface area contributed by atoms with Gasteiger partial charge in [0.15, 0.2) is 11.5 Å². The van der Waals surface area contributed by atoms with Gasteiger partial charge in [0.2, 0.25) is 6.79 Å². The van der Waals surface area contributed by atoms with Gasteiger partial charge in [0.05, 0.1) is 0 Å². The number of hydrogen-bond donors (Lipinski definition) is 1. The number of hydrogen-bond acceptors (Lipinski definition) is 4. The van der Waals surface area contributed by atoms with Crippen LogP contribution >= 0.6 is 0 Å². The summed E-state index contributed by atoms with van der Waals surface area (Å²) in [6.07, 6.45) is 2.23. The van der Waals surface area contributed by atoms with E-state index in [1.807, 2.05) is 18.2 Å². The highest BCUT2D eigenvalue weighted by Crippen LogP contribution is 2.36. The molecule has 1 unspecified atom stereocenters. The third-order valence-electron chi connectivity index (χ3n) is 5.37. The van der Waals surface area contributed by atoms with Gasteiger partial charge < -0.3 is 19.7 Å². The lowest BCUT2D eigenvalue weighted by Gasteiger charge is -2.34. The number of anilines is 1. The third kappa shape index (κ3) is 3.78. The molecule has 2 heterocycles. The second-order valence-corrected chi connectivity index (χ2v) is 7.16. The molecule has 2 aromatic rings. The Hall–Kier alpha value is -2.27. The minimum absolute atomic E-state index is 0.176. The molecule has 1 atom stereocenters. The minimum atomic E-state index is -0.176. The van der Waals surface area contributed by atoms with Gasteiger partial charge in [-0.15, -0.1) is 0 Å². The van der Waals surface area contributed by atoms with Crippen molar-refractivity contribution < 1.29 is 13.9 Å². The van der Waals surface area contributed by atoms with Gasteiger partial charge in [-0.3, -0.25) is 0 Å². The SMILES string of the molecule is CC(CNC1CCN(c2ccc3c(c2)OCO3)CC1)c1ccc(F)cc1. The summed E-state index contributed by atoms with van der Waals surface area (Å²) in [5.41, 5.74) is 2.38. The molecule has 1 N–H and O–H groups in total. The predicted octanol–water partition coefficient (Wildman–Crippen LogP) is 3.92. The van der Waals surface area contributed by atoms with Crippen molar-refractivity contribution in [1.29, 1.82) is 0 Å². The van der Waals surface area contributed by atoms with Gasteiger partial charge >= 0.3 is 0 Å². The lowest BCUT2D eigenvalue weighted by Crippen LogP contribution is -2.43. The van der Waals surface area contributed by atoms with E-state index in [1.165, 1.54) is 23.4 Å². The summed E-state index contributed by atoms with van der Waals surface area (Å²) in [7, 11) is 0. The van der Waals surface area contributed by atoms with Gasteiger partial charge in [-0.25, -0.2) is 4.39 Å². The fourth-order valence-electron chi connectivity index (χ4n) is 3.68. The fraction of sp³-hybridized carbons (Fsp3) is 0.429. The number of fused-ring (bicyclic) bond motifs is 1. The monoisotopic (exact) mass is 356 g/mol. The van der Waals surface area contributed by atoms with Crippen molar-refractivity contribution in [3.8, 4) is 11.5 Å². The standard InChI is InChI=1S/C21H25FN2O2/c1-15(16-2-4-17(22)5-3-16)13-23-18-8-10-24(11-9-18)19-6-7-20-21(12-19)26-14-25-20/h2-7,12,15,18,23H,8-11,13-14H2,1H3. The largest absolute Gasteiger partial charge is 0.454 e. The first-order valence-electron chi connectivity index (χ1n) is 9.32. The molecule has 1 saturated heterocycles. The van der Waals surface area contributed by atoms with Crippen molar-refractivity contribution >= 4 is 5.69 Å². The molecule has 0 saturated carbocycles. The number of rotatable bonds is 5. The molecule has 1 fully saturated rings. The zero-order chi connectivity index (χ0) is 17.9. The maximum absolute atomic E-state index is 13.0. The quantitative estimate of drug-likeness (QED) is 0.881. The molecule has 2 aliphatic rings. The van der Waals surface area contributed by atoms with Crippen molar-refractivity contribution in [2.45, 2.75) is 31.7 Å². The minimum Gasteiger partial charge on any atom is -0.454 e. The summed E-state index contributed by atoms with van der Waals surface area (Å²) in [4.78, 5) is 2.41. The van der Waals surface area contributed by atoms with Crippen LogP contribution in [-0.4, -0.2) is 32.5 Å². The van der Waals surface area contributed by atoms with E-state index in [9.17, 15) is 4.39 Å². The maximum Gasteiger partial charge on any atom is 0.231 e. The van der Waals surface area contributed by atoms with Gasteiger partial charge in [-0.05, 0) is 48.6 Å². The number of ether oxygens (including phenoxy) is 2. The van der Waals surface area contributed by atoms with Crippen LogP contribution in [0.4, 0.5) is 10.1 Å². The highest BCUT2D eigenvalue weighted by Gasteiger charge is 2.22. The lowest BCUT2D eigenvalue weighted by molar-refractivity contribution is 0.174. The predicted molar refractivity (Wildman–Crippen MR) is 101 cm³/mol. The van der Waals surface area contributed by atoms with Crippen molar-refractivity contribution in [3.05, 3.63) is 53.8 Å². The Labute approximate surface area is 153 Å². The summed E-state index contributed by atoms with van der Waals surface area (Å²) >= 11 is 0. The van der Waals surface area contributed by atoms with Crippen molar-refractivity contribution in [2.75, 3.05) is 31.3 Å². The number of nitrogens with one attached hydrogen (secondary N) is 1. The van der Waals surface area contributed by atoms with E-state index < -0.39 is 0 Å². The summed E-state index contributed by atoms with van der Waals surface area (Å²) in [5.74, 6) is 1.88. The van der Waals surface area contributed by atoms with E-state index in [0.717, 1.165) is 44.0 Å². The first-order chi connectivity index (χ1) is 12.7. The van der Waals surface area contributed by atoms with Crippen LogP contribution in [0.15, 0.2) is 42.5 Å². The van der Waals surface area contributed by atoms with E-state index in [-0.39, 0.29) is 5.82 Å². The summed E-state index contributed by atoms with van der Waals surface area (Å²) < 4.78 is 23.9. The molecule has 0 spiro atoms. The molecule has 0 amide bonds. The van der Waals surface area contributed by atoms with Crippen LogP contribution in [0.5, 0.6) is 11.5 Å². The van der Waals surface area contributed by atoms with Crippen LogP contribution in [0.3, 0.4) is 0 Å². The Kier molecular flexibility index (Phi) is 4.98. The topological polar surface area (TPSA) is 33.7 Å². The average Bonchev–Trinajstić information content (AvgIpc) is 3.15. The number of nitrogens with zero attached hydrogens (tertiary/aromatic N) is 1. The molecular formula is C21H25FN2O2. The van der Waals surface area contributed by atoms with E-state index in [4.69, 9.17) is 9.47 Å². The fourth-order valence-corrected chi connectivity index (χ4v) is 3.68. The van der Waals surface area contributed by atoms with Crippen molar-refractivity contribution in [3.63, 3.8) is 0 Å². The molecule has 5 heteroatoms. The van der Waals surface area contributed by atoms with Gasteiger partial charge in [0.1, 0.15) is 5.82 Å². The normalized spacial score (nSPS) is 18.2. The van der Waals surface area contributed by atoms with Crippen LogP contribution in [0.2, 0.25) is 0 Å². The van der Waals surface area contributed by atoms with Gasteiger partial charge in [-0.1, -0.05) is 19.1 Å². The first-order valence-corrected chi connectivity index (χ1v) is 9.32. The first kappa shape index (κ1) is 17.2. The Balaban J connectivity index is 1.26. The Morgan fingerprint density at radius 2 is 1.81 bits per heavy atom. The van der Waals surface area contributed by atoms with Gasteiger partial charge in [0, 0.05) is 37.4 Å². The molecule has 138 valence electrons. The highest BCUT2D eigenvalue weighted by molar-refractivity contribution is 5.57. The Morgan fingerprint density at radius 3 is 2.58 bits per heavy atom. The van der Waals surface area contributed by atoms with Crippen LogP contribution in [0.1, 0.15) is 31.2 Å². The Morgan fingerprint density at radius 1 is 1.08 bits per heavy atom. The number of halogens is 1. The summed E-state index contributed by atoms with van der Waals surface area (Å²) in [6.45, 7) is 5.48. The van der Waals surface area contributed by atoms with Crippen LogP contribution in [-0.2, 0) is 0 Å². The molecule has 2 aliphatic heterocycles.